The fraction of sp³-hybridized carbons (Fsp3) is 0.125. The fourth-order valence-electron chi connectivity index (χ4n) is 3.16. The minimum Gasteiger partial charge on any atom is -0.462 e. The average Bonchev–Trinajstić information content (AvgIpc) is 3.38. The van der Waals surface area contributed by atoms with Gasteiger partial charge in [0.1, 0.15) is 10.0 Å². The number of nitrogens with zero attached hydrogens (tertiary/aromatic N) is 2. The zero-order chi connectivity index (χ0) is 23.2. The Hall–Kier alpha value is -3.20. The number of hydrogen-bond acceptors (Lipinski definition) is 5. The van der Waals surface area contributed by atoms with Gasteiger partial charge in [-0.15, -0.1) is 11.3 Å². The van der Waals surface area contributed by atoms with Crippen molar-refractivity contribution >= 4 is 57.1 Å². The van der Waals surface area contributed by atoms with E-state index < -0.39 is 5.97 Å². The van der Waals surface area contributed by atoms with Gasteiger partial charge in [0.2, 0.25) is 0 Å². The highest BCUT2D eigenvalue weighted by Gasteiger charge is 2.19. The number of anilines is 2. The molecule has 33 heavy (non-hydrogen) atoms. The summed E-state index contributed by atoms with van der Waals surface area (Å²) < 4.78 is 6.97. The van der Waals surface area contributed by atoms with Crippen molar-refractivity contribution in [3.05, 3.63) is 89.1 Å². The summed E-state index contributed by atoms with van der Waals surface area (Å²) in [5, 5.41) is 11.9. The summed E-state index contributed by atoms with van der Waals surface area (Å²) in [6, 6.07) is 21.6. The quantitative estimate of drug-likeness (QED) is 0.231. The molecule has 0 saturated heterocycles. The highest BCUT2D eigenvalue weighted by molar-refractivity contribution is 7.80. The molecule has 0 aliphatic rings. The van der Waals surface area contributed by atoms with Crippen LogP contribution in [0.4, 0.5) is 10.8 Å². The number of rotatable bonds is 7. The SMILES string of the molecule is CCOC(=O)c1cc(-c2ccccc2)sc1NC(=S)Nc1nn(Cc2ccccc2)cc1Cl. The van der Waals surface area contributed by atoms with Crippen LogP contribution in [0, 0.1) is 0 Å². The molecule has 2 aromatic heterocycles. The first kappa shape index (κ1) is 23.0. The molecule has 0 fully saturated rings. The van der Waals surface area contributed by atoms with Crippen LogP contribution in [0.2, 0.25) is 5.02 Å². The predicted octanol–water partition coefficient (Wildman–Crippen LogP) is 6.30. The Kier molecular flexibility index (Phi) is 7.39. The maximum absolute atomic E-state index is 12.5. The van der Waals surface area contributed by atoms with E-state index in [-0.39, 0.29) is 11.7 Å². The number of hydrogen-bond donors (Lipinski definition) is 2. The summed E-state index contributed by atoms with van der Waals surface area (Å²) in [7, 11) is 0. The third-order valence-electron chi connectivity index (χ3n) is 4.65. The molecule has 9 heteroatoms. The molecule has 4 aromatic rings. The van der Waals surface area contributed by atoms with Crippen molar-refractivity contribution in [3.63, 3.8) is 0 Å². The van der Waals surface area contributed by atoms with E-state index in [1.807, 2.05) is 66.7 Å². The first-order valence-corrected chi connectivity index (χ1v) is 11.8. The van der Waals surface area contributed by atoms with Crippen molar-refractivity contribution in [2.24, 2.45) is 0 Å². The molecular formula is C24H21ClN4O2S2. The van der Waals surface area contributed by atoms with Crippen LogP contribution in [-0.4, -0.2) is 27.5 Å². The predicted molar refractivity (Wildman–Crippen MR) is 138 cm³/mol. The van der Waals surface area contributed by atoms with E-state index >= 15 is 0 Å². The molecule has 0 amide bonds. The van der Waals surface area contributed by atoms with Gasteiger partial charge in [0, 0.05) is 11.1 Å². The Morgan fingerprint density at radius 1 is 1.12 bits per heavy atom. The van der Waals surface area contributed by atoms with Crippen molar-refractivity contribution in [2.75, 3.05) is 17.2 Å². The number of thiocarbonyl (C=S) groups is 1. The highest BCUT2D eigenvalue weighted by atomic mass is 35.5. The topological polar surface area (TPSA) is 68.2 Å². The van der Waals surface area contributed by atoms with Gasteiger partial charge >= 0.3 is 5.97 Å². The second kappa shape index (κ2) is 10.6. The molecule has 0 aliphatic carbocycles. The lowest BCUT2D eigenvalue weighted by Gasteiger charge is -2.09. The van der Waals surface area contributed by atoms with Gasteiger partial charge in [-0.1, -0.05) is 72.3 Å². The summed E-state index contributed by atoms with van der Waals surface area (Å²) in [5.41, 5.74) is 2.53. The third kappa shape index (κ3) is 5.78. The van der Waals surface area contributed by atoms with E-state index in [4.69, 9.17) is 28.6 Å². The normalized spacial score (nSPS) is 10.6. The van der Waals surface area contributed by atoms with Crippen LogP contribution in [0.1, 0.15) is 22.8 Å². The number of nitrogens with one attached hydrogen (secondary N) is 2. The number of ether oxygens (including phenoxy) is 1. The lowest BCUT2D eigenvalue weighted by atomic mass is 10.1. The number of aromatic nitrogens is 2. The lowest BCUT2D eigenvalue weighted by Crippen LogP contribution is -2.20. The van der Waals surface area contributed by atoms with Gasteiger partial charge in [0.25, 0.3) is 0 Å². The number of benzene rings is 2. The maximum Gasteiger partial charge on any atom is 0.341 e. The van der Waals surface area contributed by atoms with Crippen LogP contribution in [0.25, 0.3) is 10.4 Å². The molecule has 2 aromatic carbocycles. The smallest absolute Gasteiger partial charge is 0.341 e. The standard InChI is InChI=1S/C24H21ClN4O2S2/c1-2-31-23(30)18-13-20(17-11-7-4-8-12-17)33-22(18)27-24(32)26-21-19(25)15-29(28-21)14-16-9-5-3-6-10-16/h3-13,15H,2,14H2,1H3,(H2,26,27,28,32). The number of esters is 1. The molecule has 6 nitrogen and oxygen atoms in total. The Bertz CT molecular complexity index is 1260. The minimum atomic E-state index is -0.411. The van der Waals surface area contributed by atoms with E-state index in [1.165, 1.54) is 11.3 Å². The molecule has 0 unspecified atom stereocenters. The van der Waals surface area contributed by atoms with Gasteiger partial charge in [-0.05, 0) is 36.3 Å². The van der Waals surface area contributed by atoms with Gasteiger partial charge in [-0.3, -0.25) is 4.68 Å². The molecule has 0 aliphatic heterocycles. The summed E-state index contributed by atoms with van der Waals surface area (Å²) >= 11 is 13.3. The summed E-state index contributed by atoms with van der Waals surface area (Å²) in [4.78, 5) is 13.5. The molecule has 0 spiro atoms. The minimum absolute atomic E-state index is 0.272. The van der Waals surface area contributed by atoms with Crippen LogP contribution in [-0.2, 0) is 11.3 Å². The maximum atomic E-state index is 12.5. The van der Waals surface area contributed by atoms with Crippen LogP contribution in [0.15, 0.2) is 72.9 Å². The molecular weight excluding hydrogens is 476 g/mol. The number of thiophene rings is 1. The average molecular weight is 497 g/mol. The van der Waals surface area contributed by atoms with E-state index in [2.05, 4.69) is 15.7 Å². The first-order chi connectivity index (χ1) is 16.0. The van der Waals surface area contributed by atoms with Crippen molar-refractivity contribution in [1.29, 1.82) is 0 Å². The molecule has 0 radical (unpaired) electrons. The highest BCUT2D eigenvalue weighted by Crippen LogP contribution is 2.36. The second-order valence-electron chi connectivity index (χ2n) is 7.03. The van der Waals surface area contributed by atoms with Gasteiger partial charge in [0.15, 0.2) is 10.9 Å². The zero-order valence-electron chi connectivity index (χ0n) is 17.7. The summed E-state index contributed by atoms with van der Waals surface area (Å²) in [6.45, 7) is 2.64. The van der Waals surface area contributed by atoms with Gasteiger partial charge in [-0.2, -0.15) is 5.10 Å². The molecule has 0 atom stereocenters. The molecule has 2 heterocycles. The molecule has 168 valence electrons. The van der Waals surface area contributed by atoms with Crippen molar-refractivity contribution in [3.8, 4) is 10.4 Å². The number of halogens is 1. The fourth-order valence-corrected chi connectivity index (χ4v) is 4.68. The van der Waals surface area contributed by atoms with Crippen molar-refractivity contribution in [2.45, 2.75) is 13.5 Å². The second-order valence-corrected chi connectivity index (χ2v) is 8.90. The Morgan fingerprint density at radius 2 is 1.82 bits per heavy atom. The lowest BCUT2D eigenvalue weighted by molar-refractivity contribution is 0.0528. The Morgan fingerprint density at radius 3 is 2.52 bits per heavy atom. The van der Waals surface area contributed by atoms with E-state index in [1.54, 1.807) is 17.8 Å². The number of carbonyl (C=O) groups excluding carboxylic acids is 1. The summed E-state index contributed by atoms with van der Waals surface area (Å²) in [5.74, 6) is 0.0222. The largest absolute Gasteiger partial charge is 0.462 e. The van der Waals surface area contributed by atoms with E-state index in [9.17, 15) is 4.79 Å². The van der Waals surface area contributed by atoms with Crippen LogP contribution >= 0.6 is 35.2 Å². The first-order valence-electron chi connectivity index (χ1n) is 10.2. The van der Waals surface area contributed by atoms with E-state index in [0.717, 1.165) is 16.0 Å². The van der Waals surface area contributed by atoms with E-state index in [0.29, 0.717) is 27.9 Å². The van der Waals surface area contributed by atoms with Crippen LogP contribution < -0.4 is 10.6 Å². The summed E-state index contributed by atoms with van der Waals surface area (Å²) in [6.07, 6.45) is 1.74. The molecule has 4 rings (SSSR count). The Balaban J connectivity index is 1.51. The Labute approximate surface area is 206 Å². The molecule has 0 saturated carbocycles. The van der Waals surface area contributed by atoms with Gasteiger partial charge in [-0.25, -0.2) is 4.79 Å². The van der Waals surface area contributed by atoms with Gasteiger partial charge in [0.05, 0.1) is 18.7 Å². The van der Waals surface area contributed by atoms with Crippen LogP contribution in [0.5, 0.6) is 0 Å². The van der Waals surface area contributed by atoms with Crippen molar-refractivity contribution < 1.29 is 9.53 Å². The van der Waals surface area contributed by atoms with Crippen molar-refractivity contribution in [1.82, 2.24) is 9.78 Å². The van der Waals surface area contributed by atoms with Crippen LogP contribution in [0.3, 0.4) is 0 Å². The monoisotopic (exact) mass is 496 g/mol. The zero-order valence-corrected chi connectivity index (χ0v) is 20.1. The van der Waals surface area contributed by atoms with Gasteiger partial charge < -0.3 is 15.4 Å². The molecule has 2 N–H and O–H groups in total. The number of carbonyl (C=O) groups is 1. The third-order valence-corrected chi connectivity index (χ3v) is 6.23. The molecule has 0 bridgehead atoms.